The molecular formula is C17H17N3O3. The number of hydrogen-bond acceptors (Lipinski definition) is 4. The van der Waals surface area contributed by atoms with Crippen molar-refractivity contribution in [3.05, 3.63) is 64.0 Å². The van der Waals surface area contributed by atoms with Crippen LogP contribution in [-0.2, 0) is 6.54 Å². The Morgan fingerprint density at radius 2 is 2.00 bits per heavy atom. The van der Waals surface area contributed by atoms with Gasteiger partial charge in [-0.25, -0.2) is 4.98 Å². The van der Waals surface area contributed by atoms with Gasteiger partial charge in [0.15, 0.2) is 0 Å². The second-order valence-corrected chi connectivity index (χ2v) is 5.47. The summed E-state index contributed by atoms with van der Waals surface area (Å²) in [6.45, 7) is 5.19. The molecule has 0 bridgehead atoms. The van der Waals surface area contributed by atoms with Crippen molar-refractivity contribution in [3.63, 3.8) is 0 Å². The Morgan fingerprint density at radius 1 is 1.22 bits per heavy atom. The highest BCUT2D eigenvalue weighted by molar-refractivity contribution is 5.77. The van der Waals surface area contributed by atoms with E-state index in [1.54, 1.807) is 18.5 Å². The lowest BCUT2D eigenvalue weighted by Gasteiger charge is -2.08. The van der Waals surface area contributed by atoms with Gasteiger partial charge in [0.05, 0.1) is 34.9 Å². The lowest BCUT2D eigenvalue weighted by atomic mass is 10.1. The minimum atomic E-state index is -0.429. The van der Waals surface area contributed by atoms with Gasteiger partial charge in [0.25, 0.3) is 5.69 Å². The maximum Gasteiger partial charge on any atom is 0.273 e. The quantitative estimate of drug-likeness (QED) is 0.533. The Bertz CT molecular complexity index is 871. The summed E-state index contributed by atoms with van der Waals surface area (Å²) >= 11 is 0. The highest BCUT2D eigenvalue weighted by Gasteiger charge is 2.07. The fraction of sp³-hybridized carbons (Fsp3) is 0.235. The van der Waals surface area contributed by atoms with E-state index in [0.717, 1.165) is 11.0 Å². The van der Waals surface area contributed by atoms with Gasteiger partial charge in [-0.05, 0) is 43.2 Å². The number of hydrogen-bond donors (Lipinski definition) is 0. The molecule has 0 radical (unpaired) electrons. The number of nitro benzene ring substituents is 1. The van der Waals surface area contributed by atoms with Gasteiger partial charge in [-0.3, -0.25) is 10.1 Å². The van der Waals surface area contributed by atoms with Crippen LogP contribution in [0.4, 0.5) is 5.69 Å². The Hall–Kier alpha value is -2.89. The molecule has 0 saturated carbocycles. The lowest BCUT2D eigenvalue weighted by Crippen LogP contribution is -2.07. The van der Waals surface area contributed by atoms with Crippen LogP contribution in [0.25, 0.3) is 11.0 Å². The molecule has 0 atom stereocenters. The van der Waals surface area contributed by atoms with E-state index in [0.29, 0.717) is 18.9 Å². The Kier molecular flexibility index (Phi) is 3.97. The van der Waals surface area contributed by atoms with E-state index in [9.17, 15) is 10.1 Å². The number of nitrogens with zero attached hydrogens (tertiary/aromatic N) is 3. The van der Waals surface area contributed by atoms with Crippen LogP contribution in [0.1, 0.15) is 11.1 Å². The smallest absolute Gasteiger partial charge is 0.273 e. The average Bonchev–Trinajstić information content (AvgIpc) is 2.90. The monoisotopic (exact) mass is 311 g/mol. The van der Waals surface area contributed by atoms with Crippen molar-refractivity contribution >= 4 is 16.7 Å². The van der Waals surface area contributed by atoms with Gasteiger partial charge in [0.2, 0.25) is 0 Å². The minimum Gasteiger partial charge on any atom is -0.491 e. The molecule has 0 fully saturated rings. The number of imidazole rings is 1. The number of aromatic nitrogens is 2. The van der Waals surface area contributed by atoms with Crippen LogP contribution in [0.5, 0.6) is 5.75 Å². The Labute approximate surface area is 133 Å². The first-order valence-electron chi connectivity index (χ1n) is 7.34. The van der Waals surface area contributed by atoms with Gasteiger partial charge in [-0.1, -0.05) is 6.07 Å². The molecular weight excluding hydrogens is 294 g/mol. The summed E-state index contributed by atoms with van der Waals surface area (Å²) in [6, 6.07) is 10.4. The molecule has 1 heterocycles. The number of benzene rings is 2. The fourth-order valence-corrected chi connectivity index (χ4v) is 2.44. The molecule has 0 aliphatic heterocycles. The molecule has 0 N–H and O–H groups in total. The van der Waals surface area contributed by atoms with Crippen molar-refractivity contribution in [2.75, 3.05) is 6.61 Å². The van der Waals surface area contributed by atoms with E-state index >= 15 is 0 Å². The van der Waals surface area contributed by atoms with E-state index in [1.165, 1.54) is 23.3 Å². The number of ether oxygens (including phenoxy) is 1. The summed E-state index contributed by atoms with van der Waals surface area (Å²) in [5.41, 5.74) is 4.50. The molecule has 6 nitrogen and oxygen atoms in total. The van der Waals surface area contributed by atoms with Gasteiger partial charge >= 0.3 is 0 Å². The second-order valence-electron chi connectivity index (χ2n) is 5.47. The van der Waals surface area contributed by atoms with Crippen LogP contribution in [0.2, 0.25) is 0 Å². The summed E-state index contributed by atoms with van der Waals surface area (Å²) in [7, 11) is 0. The summed E-state index contributed by atoms with van der Waals surface area (Å²) < 4.78 is 7.65. The lowest BCUT2D eigenvalue weighted by molar-refractivity contribution is -0.384. The van der Waals surface area contributed by atoms with E-state index in [-0.39, 0.29) is 5.69 Å². The third-order valence-electron chi connectivity index (χ3n) is 3.87. The van der Waals surface area contributed by atoms with Crippen LogP contribution < -0.4 is 4.74 Å². The van der Waals surface area contributed by atoms with Crippen LogP contribution >= 0.6 is 0 Å². The van der Waals surface area contributed by atoms with Crippen molar-refractivity contribution < 1.29 is 9.66 Å². The fourth-order valence-electron chi connectivity index (χ4n) is 2.44. The molecule has 118 valence electrons. The van der Waals surface area contributed by atoms with E-state index in [1.807, 2.05) is 4.57 Å². The van der Waals surface area contributed by atoms with Crippen LogP contribution in [0, 0.1) is 24.0 Å². The van der Waals surface area contributed by atoms with Crippen molar-refractivity contribution in [2.24, 2.45) is 0 Å². The normalized spacial score (nSPS) is 10.9. The van der Waals surface area contributed by atoms with Gasteiger partial charge in [-0.15, -0.1) is 0 Å². The van der Waals surface area contributed by atoms with Crippen molar-refractivity contribution in [3.8, 4) is 5.75 Å². The number of aryl methyl sites for hydroxylation is 2. The number of fused-ring (bicyclic) bond motifs is 1. The van der Waals surface area contributed by atoms with E-state index in [4.69, 9.17) is 4.74 Å². The van der Waals surface area contributed by atoms with Crippen molar-refractivity contribution in [2.45, 2.75) is 20.4 Å². The molecule has 0 aliphatic rings. The molecule has 0 saturated heterocycles. The van der Waals surface area contributed by atoms with Crippen molar-refractivity contribution in [1.29, 1.82) is 0 Å². The zero-order valence-corrected chi connectivity index (χ0v) is 13.0. The predicted octanol–water partition coefficient (Wildman–Crippen LogP) is 3.64. The molecule has 23 heavy (non-hydrogen) atoms. The summed E-state index contributed by atoms with van der Waals surface area (Å²) in [5.74, 6) is 0.496. The Morgan fingerprint density at radius 3 is 2.78 bits per heavy atom. The maximum absolute atomic E-state index is 10.8. The number of non-ortho nitro benzene ring substituents is 1. The largest absolute Gasteiger partial charge is 0.491 e. The van der Waals surface area contributed by atoms with Gasteiger partial charge in [-0.2, -0.15) is 0 Å². The zero-order valence-electron chi connectivity index (χ0n) is 13.0. The summed E-state index contributed by atoms with van der Waals surface area (Å²) in [6.07, 6.45) is 1.79. The molecule has 6 heteroatoms. The van der Waals surface area contributed by atoms with Crippen LogP contribution in [0.15, 0.2) is 42.7 Å². The van der Waals surface area contributed by atoms with Crippen LogP contribution in [0.3, 0.4) is 0 Å². The third-order valence-corrected chi connectivity index (χ3v) is 3.87. The Balaban J connectivity index is 1.70. The molecule has 0 aliphatic carbocycles. The first kappa shape index (κ1) is 15.0. The molecule has 1 aromatic heterocycles. The van der Waals surface area contributed by atoms with E-state index in [2.05, 4.69) is 31.0 Å². The predicted molar refractivity (Wildman–Crippen MR) is 87.8 cm³/mol. The third kappa shape index (κ3) is 3.15. The first-order valence-corrected chi connectivity index (χ1v) is 7.34. The van der Waals surface area contributed by atoms with Crippen molar-refractivity contribution in [1.82, 2.24) is 9.55 Å². The zero-order chi connectivity index (χ0) is 16.4. The summed E-state index contributed by atoms with van der Waals surface area (Å²) in [5, 5.41) is 10.8. The number of nitro groups is 1. The molecule has 3 rings (SSSR count). The molecule has 0 unspecified atom stereocenters. The number of rotatable bonds is 5. The molecule has 2 aromatic carbocycles. The molecule has 3 aromatic rings. The average molecular weight is 311 g/mol. The SMILES string of the molecule is Cc1cc2ncn(CCOc3cccc([N+](=O)[O-])c3)c2cc1C. The highest BCUT2D eigenvalue weighted by Crippen LogP contribution is 2.20. The van der Waals surface area contributed by atoms with E-state index < -0.39 is 4.92 Å². The highest BCUT2D eigenvalue weighted by atomic mass is 16.6. The maximum atomic E-state index is 10.8. The summed E-state index contributed by atoms with van der Waals surface area (Å²) in [4.78, 5) is 14.7. The van der Waals surface area contributed by atoms with Gasteiger partial charge in [0.1, 0.15) is 12.4 Å². The van der Waals surface area contributed by atoms with Crippen LogP contribution in [-0.4, -0.2) is 21.1 Å². The van der Waals surface area contributed by atoms with Gasteiger partial charge < -0.3 is 9.30 Å². The molecule has 0 spiro atoms. The second kappa shape index (κ2) is 6.08. The molecule has 0 amide bonds. The van der Waals surface area contributed by atoms with Gasteiger partial charge in [0, 0.05) is 6.07 Å². The first-order chi connectivity index (χ1) is 11.0. The topological polar surface area (TPSA) is 70.2 Å². The standard InChI is InChI=1S/C17H17N3O3/c1-12-8-16-17(9-13(12)2)19(11-18-16)6-7-23-15-5-3-4-14(10-15)20(21)22/h3-5,8-11H,6-7H2,1-2H3. The minimum absolute atomic E-state index is 0.0293.